The van der Waals surface area contributed by atoms with E-state index in [1.807, 2.05) is 13.1 Å². The first-order valence-electron chi connectivity index (χ1n) is 7.46. The zero-order valence-electron chi connectivity index (χ0n) is 13.4. The number of ether oxygens (including phenoxy) is 2. The van der Waals surface area contributed by atoms with Gasteiger partial charge in [-0.2, -0.15) is 0 Å². The maximum absolute atomic E-state index is 13.7. The van der Waals surface area contributed by atoms with Crippen LogP contribution in [0.2, 0.25) is 0 Å². The van der Waals surface area contributed by atoms with Crippen LogP contribution in [0.5, 0.6) is 5.75 Å². The molecule has 1 aliphatic rings. The molecular weight excluding hydrogens is 285 g/mol. The molecule has 1 atom stereocenters. The summed E-state index contributed by atoms with van der Waals surface area (Å²) in [6, 6.07) is 4.95. The molecule has 1 heterocycles. The molecule has 2 rings (SSSR count). The molecule has 1 aliphatic heterocycles. The van der Waals surface area contributed by atoms with Gasteiger partial charge in [0, 0.05) is 39.7 Å². The molecule has 1 aromatic rings. The third-order valence-corrected chi connectivity index (χ3v) is 3.80. The molecule has 0 aliphatic carbocycles. The average molecular weight is 309 g/mol. The van der Waals surface area contributed by atoms with Gasteiger partial charge in [0.2, 0.25) is 0 Å². The fourth-order valence-corrected chi connectivity index (χ4v) is 2.59. The Morgan fingerprint density at radius 1 is 1.55 bits per heavy atom. The van der Waals surface area contributed by atoms with Crippen molar-refractivity contribution in [3.63, 3.8) is 0 Å². The van der Waals surface area contributed by atoms with Gasteiger partial charge in [0.1, 0.15) is 0 Å². The van der Waals surface area contributed by atoms with E-state index in [0.29, 0.717) is 12.5 Å². The first kappa shape index (κ1) is 16.5. The van der Waals surface area contributed by atoms with E-state index in [1.165, 1.54) is 13.2 Å². The molecule has 1 unspecified atom stereocenters. The molecule has 1 fully saturated rings. The maximum Gasteiger partial charge on any atom is 0.193 e. The van der Waals surface area contributed by atoms with Crippen molar-refractivity contribution >= 4 is 5.96 Å². The van der Waals surface area contributed by atoms with Gasteiger partial charge in [-0.1, -0.05) is 6.07 Å². The van der Waals surface area contributed by atoms with Gasteiger partial charge in [0.25, 0.3) is 0 Å². The van der Waals surface area contributed by atoms with E-state index in [4.69, 9.17) is 9.47 Å². The summed E-state index contributed by atoms with van der Waals surface area (Å²) >= 11 is 0. The number of nitrogens with zero attached hydrogens (tertiary/aromatic N) is 2. The van der Waals surface area contributed by atoms with Crippen LogP contribution in [0, 0.1) is 11.7 Å². The van der Waals surface area contributed by atoms with Crippen molar-refractivity contribution in [2.75, 3.05) is 41.0 Å². The highest BCUT2D eigenvalue weighted by molar-refractivity contribution is 5.79. The minimum absolute atomic E-state index is 0.256. The quantitative estimate of drug-likeness (QED) is 0.666. The Labute approximate surface area is 131 Å². The monoisotopic (exact) mass is 309 g/mol. The summed E-state index contributed by atoms with van der Waals surface area (Å²) < 4.78 is 24.0. The van der Waals surface area contributed by atoms with Gasteiger partial charge in [-0.15, -0.1) is 0 Å². The highest BCUT2D eigenvalue weighted by atomic mass is 19.1. The number of rotatable bonds is 5. The number of halogens is 1. The van der Waals surface area contributed by atoms with Crippen molar-refractivity contribution in [1.29, 1.82) is 0 Å². The van der Waals surface area contributed by atoms with Crippen LogP contribution in [-0.2, 0) is 11.3 Å². The lowest BCUT2D eigenvalue weighted by Gasteiger charge is -2.24. The lowest BCUT2D eigenvalue weighted by atomic mass is 10.1. The molecular formula is C16H24FN3O2. The van der Waals surface area contributed by atoms with Crippen LogP contribution in [0.3, 0.4) is 0 Å². The molecule has 5 nitrogen and oxygen atoms in total. The van der Waals surface area contributed by atoms with Crippen molar-refractivity contribution in [3.8, 4) is 5.75 Å². The smallest absolute Gasteiger partial charge is 0.193 e. The predicted molar refractivity (Wildman–Crippen MR) is 84.7 cm³/mol. The summed E-state index contributed by atoms with van der Waals surface area (Å²) in [6.07, 6.45) is 1.09. The zero-order valence-corrected chi connectivity index (χ0v) is 13.4. The highest BCUT2D eigenvalue weighted by Gasteiger charge is 2.19. The second-order valence-corrected chi connectivity index (χ2v) is 5.48. The molecule has 0 aromatic heterocycles. The predicted octanol–water partition coefficient (Wildman–Crippen LogP) is 1.88. The number of benzene rings is 1. The lowest BCUT2D eigenvalue weighted by Crippen LogP contribution is -2.41. The number of nitrogens with one attached hydrogen (secondary N) is 1. The van der Waals surface area contributed by atoms with Crippen LogP contribution in [0.1, 0.15) is 12.0 Å². The number of aliphatic imine (C=N–C) groups is 1. The topological polar surface area (TPSA) is 46.1 Å². The molecule has 122 valence electrons. The van der Waals surface area contributed by atoms with Gasteiger partial charge in [-0.05, 0) is 24.1 Å². The van der Waals surface area contributed by atoms with Crippen molar-refractivity contribution in [2.24, 2.45) is 10.9 Å². The van der Waals surface area contributed by atoms with Gasteiger partial charge in [-0.25, -0.2) is 4.39 Å². The average Bonchev–Trinajstić information content (AvgIpc) is 3.01. The second-order valence-electron chi connectivity index (χ2n) is 5.48. The summed E-state index contributed by atoms with van der Waals surface area (Å²) in [6.45, 7) is 3.07. The Morgan fingerprint density at radius 3 is 2.95 bits per heavy atom. The van der Waals surface area contributed by atoms with E-state index in [2.05, 4.69) is 15.2 Å². The summed E-state index contributed by atoms with van der Waals surface area (Å²) in [5.74, 6) is 1.24. The molecule has 0 bridgehead atoms. The van der Waals surface area contributed by atoms with Gasteiger partial charge < -0.3 is 19.7 Å². The number of methoxy groups -OCH3 is 1. The van der Waals surface area contributed by atoms with Crippen molar-refractivity contribution < 1.29 is 13.9 Å². The Kier molecular flexibility index (Phi) is 6.00. The Morgan fingerprint density at radius 2 is 2.36 bits per heavy atom. The van der Waals surface area contributed by atoms with Gasteiger partial charge >= 0.3 is 0 Å². The summed E-state index contributed by atoms with van der Waals surface area (Å²) in [5.41, 5.74) is 0.844. The third kappa shape index (κ3) is 4.34. The van der Waals surface area contributed by atoms with Crippen molar-refractivity contribution in [1.82, 2.24) is 10.2 Å². The molecule has 1 N–H and O–H groups in total. The first-order chi connectivity index (χ1) is 10.6. The van der Waals surface area contributed by atoms with Crippen LogP contribution in [0.15, 0.2) is 23.2 Å². The minimum Gasteiger partial charge on any atom is -0.494 e. The van der Waals surface area contributed by atoms with Gasteiger partial charge in [-0.3, -0.25) is 4.99 Å². The minimum atomic E-state index is -0.353. The van der Waals surface area contributed by atoms with Crippen LogP contribution >= 0.6 is 0 Å². The Balaban J connectivity index is 1.88. The van der Waals surface area contributed by atoms with Gasteiger partial charge in [0.15, 0.2) is 17.5 Å². The molecule has 0 amide bonds. The van der Waals surface area contributed by atoms with Crippen molar-refractivity contribution in [3.05, 3.63) is 29.6 Å². The molecule has 1 aromatic carbocycles. The Bertz CT molecular complexity index is 516. The van der Waals surface area contributed by atoms with Crippen LogP contribution < -0.4 is 10.1 Å². The molecule has 0 spiro atoms. The lowest BCUT2D eigenvalue weighted by molar-refractivity contribution is 0.181. The third-order valence-electron chi connectivity index (χ3n) is 3.80. The van der Waals surface area contributed by atoms with Crippen LogP contribution in [0.25, 0.3) is 0 Å². The summed E-state index contributed by atoms with van der Waals surface area (Å²) in [4.78, 5) is 6.36. The Hall–Kier alpha value is -1.82. The first-order valence-corrected chi connectivity index (χ1v) is 7.46. The molecule has 6 heteroatoms. The number of guanidine groups is 1. The maximum atomic E-state index is 13.7. The highest BCUT2D eigenvalue weighted by Crippen LogP contribution is 2.17. The molecule has 1 saturated heterocycles. The molecule has 0 saturated carbocycles. The molecule has 0 radical (unpaired) electrons. The SMILES string of the molecule is CN=C(NCc1ccc(OC)c(F)c1)N(C)CC1CCOC1. The fraction of sp³-hybridized carbons (Fsp3) is 0.562. The van der Waals surface area contributed by atoms with Crippen LogP contribution in [-0.4, -0.2) is 51.8 Å². The van der Waals surface area contributed by atoms with Crippen LogP contribution in [0.4, 0.5) is 4.39 Å². The molecule has 22 heavy (non-hydrogen) atoms. The zero-order chi connectivity index (χ0) is 15.9. The van der Waals surface area contributed by atoms with E-state index in [-0.39, 0.29) is 11.6 Å². The van der Waals surface area contributed by atoms with E-state index < -0.39 is 0 Å². The van der Waals surface area contributed by atoms with Crippen molar-refractivity contribution in [2.45, 2.75) is 13.0 Å². The van der Waals surface area contributed by atoms with E-state index >= 15 is 0 Å². The standard InChI is InChI=1S/C16H24FN3O2/c1-18-16(20(2)10-13-6-7-22-11-13)19-9-12-4-5-15(21-3)14(17)8-12/h4-5,8,13H,6-7,9-11H2,1-3H3,(H,18,19). The number of hydrogen-bond acceptors (Lipinski definition) is 3. The van der Waals surface area contributed by atoms with E-state index in [9.17, 15) is 4.39 Å². The fourth-order valence-electron chi connectivity index (χ4n) is 2.59. The van der Waals surface area contributed by atoms with Gasteiger partial charge in [0.05, 0.1) is 13.7 Å². The largest absolute Gasteiger partial charge is 0.494 e. The van der Waals surface area contributed by atoms with E-state index in [1.54, 1.807) is 13.1 Å². The van der Waals surface area contributed by atoms with E-state index in [0.717, 1.165) is 37.7 Å². The number of hydrogen-bond donors (Lipinski definition) is 1. The summed E-state index contributed by atoms with van der Waals surface area (Å²) in [5, 5.41) is 3.25. The second kappa shape index (κ2) is 7.98. The summed E-state index contributed by atoms with van der Waals surface area (Å²) in [7, 11) is 5.21. The normalized spacial score (nSPS) is 18.4.